The molecule has 5 nitrogen and oxygen atoms in total. The van der Waals surface area contributed by atoms with Gasteiger partial charge in [-0.25, -0.2) is 4.79 Å². The fourth-order valence-corrected chi connectivity index (χ4v) is 2.59. The maximum absolute atomic E-state index is 11.9. The number of nitriles is 1. The van der Waals surface area contributed by atoms with Crippen molar-refractivity contribution in [2.24, 2.45) is 0 Å². The number of nitrogens with one attached hydrogen (secondary N) is 2. The van der Waals surface area contributed by atoms with Crippen LogP contribution in [0.2, 0.25) is 0 Å². The van der Waals surface area contributed by atoms with Crippen molar-refractivity contribution in [3.63, 3.8) is 0 Å². The smallest absolute Gasteiger partial charge is 0.319 e. The van der Waals surface area contributed by atoms with E-state index in [-0.39, 0.29) is 12.1 Å². The van der Waals surface area contributed by atoms with Gasteiger partial charge in [0.05, 0.1) is 17.6 Å². The summed E-state index contributed by atoms with van der Waals surface area (Å²) in [5.41, 5.74) is 1.12. The van der Waals surface area contributed by atoms with Crippen LogP contribution >= 0.6 is 0 Å². The average Bonchev–Trinajstić information content (AvgIpc) is 2.56. The molecule has 0 saturated carbocycles. The van der Waals surface area contributed by atoms with Gasteiger partial charge in [0.25, 0.3) is 0 Å². The van der Waals surface area contributed by atoms with Crippen LogP contribution in [-0.4, -0.2) is 25.3 Å². The molecule has 1 saturated heterocycles. The number of carbonyl (C=O) groups is 1. The van der Waals surface area contributed by atoms with Crippen LogP contribution in [0.25, 0.3) is 0 Å². The Bertz CT molecular complexity index is 555. The highest BCUT2D eigenvalue weighted by molar-refractivity contribution is 5.89. The van der Waals surface area contributed by atoms with Crippen molar-refractivity contribution in [1.82, 2.24) is 5.32 Å². The molecule has 1 fully saturated rings. The lowest BCUT2D eigenvalue weighted by Crippen LogP contribution is -2.32. The van der Waals surface area contributed by atoms with Crippen molar-refractivity contribution in [1.29, 1.82) is 5.26 Å². The molecule has 1 aliphatic heterocycles. The maximum atomic E-state index is 11.9. The summed E-state index contributed by atoms with van der Waals surface area (Å²) >= 11 is 0. The van der Waals surface area contributed by atoms with E-state index in [0.717, 1.165) is 31.4 Å². The van der Waals surface area contributed by atoms with E-state index < -0.39 is 5.41 Å². The van der Waals surface area contributed by atoms with Crippen LogP contribution in [0.4, 0.5) is 10.5 Å². The zero-order valence-corrected chi connectivity index (χ0v) is 13.9. The second-order valence-corrected chi connectivity index (χ2v) is 6.47. The zero-order chi connectivity index (χ0) is 16.7. The molecule has 2 rings (SSSR count). The molecule has 1 atom stereocenters. The van der Waals surface area contributed by atoms with Gasteiger partial charge in [0.15, 0.2) is 0 Å². The molecule has 0 spiro atoms. The van der Waals surface area contributed by atoms with E-state index in [0.29, 0.717) is 12.2 Å². The number of anilines is 1. The van der Waals surface area contributed by atoms with Crippen LogP contribution in [0.5, 0.6) is 0 Å². The third-order valence-electron chi connectivity index (χ3n) is 4.17. The first-order valence-corrected chi connectivity index (χ1v) is 8.19. The number of nitrogens with zero attached hydrogens (tertiary/aromatic N) is 1. The second-order valence-electron chi connectivity index (χ2n) is 6.47. The van der Waals surface area contributed by atoms with Gasteiger partial charge in [0.1, 0.15) is 0 Å². The van der Waals surface area contributed by atoms with Crippen LogP contribution < -0.4 is 10.6 Å². The Balaban J connectivity index is 1.75. The summed E-state index contributed by atoms with van der Waals surface area (Å²) in [7, 11) is 0. The number of hydrogen-bond donors (Lipinski definition) is 2. The third-order valence-corrected chi connectivity index (χ3v) is 4.17. The van der Waals surface area contributed by atoms with Gasteiger partial charge in [0, 0.05) is 18.8 Å². The van der Waals surface area contributed by atoms with Crippen molar-refractivity contribution in [3.8, 4) is 6.07 Å². The van der Waals surface area contributed by atoms with Gasteiger partial charge >= 0.3 is 6.03 Å². The topological polar surface area (TPSA) is 74.2 Å². The lowest BCUT2D eigenvalue weighted by atomic mass is 9.86. The van der Waals surface area contributed by atoms with E-state index >= 15 is 0 Å². The number of amides is 2. The summed E-state index contributed by atoms with van der Waals surface area (Å²) in [6, 6.07) is 9.43. The molecule has 2 N–H and O–H groups in total. The predicted molar refractivity (Wildman–Crippen MR) is 90.3 cm³/mol. The molecule has 0 aromatic heterocycles. The number of hydrogen-bond acceptors (Lipinski definition) is 3. The standard InChI is InChI=1S/C18H25N3O2/c1-18(2,13-19)14-6-8-15(9-7-14)21-17(22)20-11-10-16-5-3-4-12-23-16/h6-9,16H,3-5,10-12H2,1-2H3,(H2,20,21,22). The molecule has 1 aromatic carbocycles. The van der Waals surface area contributed by atoms with E-state index in [1.165, 1.54) is 6.42 Å². The molecule has 0 bridgehead atoms. The SMILES string of the molecule is CC(C)(C#N)c1ccc(NC(=O)NCCC2CCCCO2)cc1. The molecular weight excluding hydrogens is 290 g/mol. The van der Waals surface area contributed by atoms with Gasteiger partial charge in [-0.15, -0.1) is 0 Å². The lowest BCUT2D eigenvalue weighted by Gasteiger charge is -2.22. The van der Waals surface area contributed by atoms with E-state index in [9.17, 15) is 4.79 Å². The molecule has 0 radical (unpaired) electrons. The van der Waals surface area contributed by atoms with Gasteiger partial charge in [-0.1, -0.05) is 12.1 Å². The molecular formula is C18H25N3O2. The Kier molecular flexibility index (Phi) is 6.00. The summed E-state index contributed by atoms with van der Waals surface area (Å²) in [5.74, 6) is 0. The summed E-state index contributed by atoms with van der Waals surface area (Å²) in [6.07, 6.45) is 4.56. The Morgan fingerprint density at radius 1 is 1.35 bits per heavy atom. The first kappa shape index (κ1) is 17.3. The van der Waals surface area contributed by atoms with E-state index in [1.807, 2.05) is 38.1 Å². The zero-order valence-electron chi connectivity index (χ0n) is 13.9. The maximum Gasteiger partial charge on any atom is 0.319 e. The highest BCUT2D eigenvalue weighted by Gasteiger charge is 2.19. The molecule has 5 heteroatoms. The molecule has 0 aliphatic carbocycles. The fraction of sp³-hybridized carbons (Fsp3) is 0.556. The highest BCUT2D eigenvalue weighted by Crippen LogP contribution is 2.23. The van der Waals surface area contributed by atoms with Crippen LogP contribution in [0.15, 0.2) is 24.3 Å². The van der Waals surface area contributed by atoms with Crippen molar-refractivity contribution in [2.75, 3.05) is 18.5 Å². The number of carbonyl (C=O) groups excluding carboxylic acids is 1. The van der Waals surface area contributed by atoms with Crippen molar-refractivity contribution in [2.45, 2.75) is 51.0 Å². The summed E-state index contributed by atoms with van der Waals surface area (Å²) in [5, 5.41) is 14.8. The molecule has 1 aliphatic rings. The first-order valence-electron chi connectivity index (χ1n) is 8.19. The van der Waals surface area contributed by atoms with Crippen molar-refractivity contribution >= 4 is 11.7 Å². The molecule has 1 unspecified atom stereocenters. The fourth-order valence-electron chi connectivity index (χ4n) is 2.59. The number of rotatable bonds is 5. The van der Waals surface area contributed by atoms with Gasteiger partial charge in [-0.3, -0.25) is 0 Å². The van der Waals surface area contributed by atoms with Gasteiger partial charge in [-0.2, -0.15) is 5.26 Å². The summed E-state index contributed by atoms with van der Waals surface area (Å²) in [4.78, 5) is 11.9. The van der Waals surface area contributed by atoms with Crippen molar-refractivity contribution < 1.29 is 9.53 Å². The van der Waals surface area contributed by atoms with E-state index in [1.54, 1.807) is 0 Å². The molecule has 2 amide bonds. The molecule has 124 valence electrons. The Labute approximate surface area is 138 Å². The monoisotopic (exact) mass is 315 g/mol. The largest absolute Gasteiger partial charge is 0.378 e. The normalized spacial score (nSPS) is 18.0. The second kappa shape index (κ2) is 7.98. The highest BCUT2D eigenvalue weighted by atomic mass is 16.5. The average molecular weight is 315 g/mol. The first-order chi connectivity index (χ1) is 11.0. The van der Waals surface area contributed by atoms with E-state index in [4.69, 9.17) is 10.00 Å². The quantitative estimate of drug-likeness (QED) is 0.872. The summed E-state index contributed by atoms with van der Waals surface area (Å²) < 4.78 is 5.64. The van der Waals surface area contributed by atoms with Crippen LogP contribution in [-0.2, 0) is 10.2 Å². The minimum Gasteiger partial charge on any atom is -0.378 e. The van der Waals surface area contributed by atoms with Gasteiger partial charge in [0.2, 0.25) is 0 Å². The molecule has 1 heterocycles. The van der Waals surface area contributed by atoms with Gasteiger partial charge < -0.3 is 15.4 Å². The minimum atomic E-state index is -0.527. The number of urea groups is 1. The summed E-state index contributed by atoms with van der Waals surface area (Å²) in [6.45, 7) is 5.18. The Morgan fingerprint density at radius 3 is 2.70 bits per heavy atom. The number of benzene rings is 1. The minimum absolute atomic E-state index is 0.215. The molecule has 1 aromatic rings. The lowest BCUT2D eigenvalue weighted by molar-refractivity contribution is 0.0120. The van der Waals surface area contributed by atoms with Crippen molar-refractivity contribution in [3.05, 3.63) is 29.8 Å². The predicted octanol–water partition coefficient (Wildman–Crippen LogP) is 3.57. The Morgan fingerprint density at radius 2 is 2.09 bits per heavy atom. The number of ether oxygens (including phenoxy) is 1. The van der Waals surface area contributed by atoms with Crippen LogP contribution in [0, 0.1) is 11.3 Å². The van der Waals surface area contributed by atoms with Crippen LogP contribution in [0.3, 0.4) is 0 Å². The Hall–Kier alpha value is -2.06. The van der Waals surface area contributed by atoms with Gasteiger partial charge in [-0.05, 0) is 57.2 Å². The third kappa shape index (κ3) is 5.26. The molecule has 23 heavy (non-hydrogen) atoms. The van der Waals surface area contributed by atoms with Crippen LogP contribution in [0.1, 0.15) is 45.1 Å². The van der Waals surface area contributed by atoms with E-state index in [2.05, 4.69) is 16.7 Å².